The third-order valence-electron chi connectivity index (χ3n) is 3.06. The predicted molar refractivity (Wildman–Crippen MR) is 61.4 cm³/mol. The van der Waals surface area contributed by atoms with Crippen molar-refractivity contribution in [2.75, 3.05) is 0 Å². The predicted octanol–water partition coefficient (Wildman–Crippen LogP) is 2.70. The molecule has 0 aliphatic rings. The van der Waals surface area contributed by atoms with Gasteiger partial charge in [0.05, 0.1) is 17.6 Å². The third-order valence-corrected chi connectivity index (χ3v) is 3.06. The second-order valence-electron chi connectivity index (χ2n) is 5.02. The van der Waals surface area contributed by atoms with E-state index in [1.54, 1.807) is 0 Å². The molecule has 0 amide bonds. The summed E-state index contributed by atoms with van der Waals surface area (Å²) in [6, 6.07) is 3.45. The van der Waals surface area contributed by atoms with E-state index in [-0.39, 0.29) is 0 Å². The highest BCUT2D eigenvalue weighted by molar-refractivity contribution is 5.13. The van der Waals surface area contributed by atoms with Gasteiger partial charge in [0.1, 0.15) is 6.04 Å². The van der Waals surface area contributed by atoms with Gasteiger partial charge in [-0.3, -0.25) is 0 Å². The fourth-order valence-electron chi connectivity index (χ4n) is 1.66. The van der Waals surface area contributed by atoms with Crippen LogP contribution in [0.5, 0.6) is 0 Å². The average molecular weight is 223 g/mol. The Labute approximate surface area is 98.0 Å². The fraction of sp³-hybridized carbons (Fsp3) is 0.833. The summed E-state index contributed by atoms with van der Waals surface area (Å²) in [5, 5.41) is 29.5. The second kappa shape index (κ2) is 5.30. The van der Waals surface area contributed by atoms with Crippen molar-refractivity contribution in [3.63, 3.8) is 0 Å². The van der Waals surface area contributed by atoms with Crippen LogP contribution in [0.25, 0.3) is 0 Å². The van der Waals surface area contributed by atoms with Crippen LogP contribution in [0, 0.1) is 28.1 Å². The van der Waals surface area contributed by atoms with Crippen LogP contribution < -0.4 is 0 Å². The molecule has 0 aromatic rings. The zero-order chi connectivity index (χ0) is 13.0. The van der Waals surface area contributed by atoms with Crippen molar-refractivity contribution in [1.82, 2.24) is 5.06 Å². The van der Waals surface area contributed by atoms with Gasteiger partial charge < -0.3 is 5.21 Å². The summed E-state index contributed by atoms with van der Waals surface area (Å²) in [6.45, 7) is 9.17. The molecule has 0 aliphatic carbocycles. The molecular formula is C12H21N3O. The van der Waals surface area contributed by atoms with Gasteiger partial charge in [-0.25, -0.2) is 0 Å². The number of nitriles is 2. The van der Waals surface area contributed by atoms with Crippen LogP contribution in [0.1, 0.15) is 47.5 Å². The first-order chi connectivity index (χ1) is 7.29. The molecule has 0 rings (SSSR count). The van der Waals surface area contributed by atoms with Crippen LogP contribution in [0.2, 0.25) is 0 Å². The van der Waals surface area contributed by atoms with Crippen molar-refractivity contribution in [2.24, 2.45) is 5.41 Å². The van der Waals surface area contributed by atoms with E-state index in [1.165, 1.54) is 0 Å². The lowest BCUT2D eigenvalue weighted by atomic mass is 9.76. The summed E-state index contributed by atoms with van der Waals surface area (Å²) < 4.78 is 0. The van der Waals surface area contributed by atoms with Gasteiger partial charge in [-0.2, -0.15) is 15.6 Å². The van der Waals surface area contributed by atoms with Crippen LogP contribution in [0.3, 0.4) is 0 Å². The molecule has 0 bridgehead atoms. The van der Waals surface area contributed by atoms with Crippen molar-refractivity contribution in [1.29, 1.82) is 10.5 Å². The van der Waals surface area contributed by atoms with E-state index in [0.29, 0.717) is 12.8 Å². The summed E-state index contributed by atoms with van der Waals surface area (Å²) in [5.74, 6) is 0. The molecule has 0 spiro atoms. The molecule has 0 saturated heterocycles. The van der Waals surface area contributed by atoms with E-state index >= 15 is 0 Å². The Kier molecular flexibility index (Phi) is 4.93. The largest absolute Gasteiger partial charge is 0.312 e. The minimum atomic E-state index is -0.809. The Morgan fingerprint density at radius 1 is 1.19 bits per heavy atom. The first-order valence-electron chi connectivity index (χ1n) is 5.58. The maximum atomic E-state index is 10.0. The zero-order valence-electron chi connectivity index (χ0n) is 10.8. The highest BCUT2D eigenvalue weighted by atomic mass is 16.5. The van der Waals surface area contributed by atoms with Gasteiger partial charge in [0, 0.05) is 5.54 Å². The first-order valence-corrected chi connectivity index (χ1v) is 5.58. The summed E-state index contributed by atoms with van der Waals surface area (Å²) in [7, 11) is 0. The highest BCUT2D eigenvalue weighted by Crippen LogP contribution is 2.34. The lowest BCUT2D eigenvalue weighted by Gasteiger charge is -2.40. The molecule has 0 radical (unpaired) electrons. The van der Waals surface area contributed by atoms with Gasteiger partial charge in [-0.1, -0.05) is 13.8 Å². The first kappa shape index (κ1) is 14.9. The van der Waals surface area contributed by atoms with Gasteiger partial charge in [-0.05, 0) is 33.6 Å². The quantitative estimate of drug-likeness (QED) is 0.744. The molecule has 0 aromatic carbocycles. The lowest BCUT2D eigenvalue weighted by molar-refractivity contribution is -0.193. The Balaban J connectivity index is 5.30. The molecule has 1 unspecified atom stereocenters. The number of rotatable bonds is 4. The molecule has 0 fully saturated rings. The number of hydrogen-bond donors (Lipinski definition) is 1. The van der Waals surface area contributed by atoms with Gasteiger partial charge in [0.15, 0.2) is 0 Å². The van der Waals surface area contributed by atoms with Crippen molar-refractivity contribution in [3.05, 3.63) is 0 Å². The third kappa shape index (κ3) is 2.72. The monoisotopic (exact) mass is 223 g/mol. The van der Waals surface area contributed by atoms with Crippen LogP contribution in [-0.2, 0) is 0 Å². The van der Waals surface area contributed by atoms with Crippen LogP contribution in [-0.4, -0.2) is 21.9 Å². The van der Waals surface area contributed by atoms with Crippen LogP contribution >= 0.6 is 0 Å². The molecule has 4 heteroatoms. The maximum Gasteiger partial charge on any atom is 0.141 e. The van der Waals surface area contributed by atoms with E-state index in [9.17, 15) is 15.7 Å². The smallest absolute Gasteiger partial charge is 0.141 e. The van der Waals surface area contributed by atoms with E-state index < -0.39 is 17.0 Å². The number of nitrogens with zero attached hydrogens (tertiary/aromatic N) is 3. The zero-order valence-corrected chi connectivity index (χ0v) is 10.8. The Bertz CT molecular complexity index is 302. The van der Waals surface area contributed by atoms with Crippen molar-refractivity contribution >= 4 is 0 Å². The lowest BCUT2D eigenvalue weighted by Crippen LogP contribution is -2.52. The summed E-state index contributed by atoms with van der Waals surface area (Å²) in [4.78, 5) is 0. The highest BCUT2D eigenvalue weighted by Gasteiger charge is 2.43. The van der Waals surface area contributed by atoms with Crippen LogP contribution in [0.15, 0.2) is 0 Å². The van der Waals surface area contributed by atoms with Crippen molar-refractivity contribution in [3.8, 4) is 12.1 Å². The Morgan fingerprint density at radius 3 is 1.81 bits per heavy atom. The molecule has 4 nitrogen and oxygen atoms in total. The Hall–Kier alpha value is -1.10. The minimum Gasteiger partial charge on any atom is -0.312 e. The minimum absolute atomic E-state index is 0.547. The van der Waals surface area contributed by atoms with E-state index in [2.05, 4.69) is 12.1 Å². The molecule has 1 N–H and O–H groups in total. The van der Waals surface area contributed by atoms with Crippen molar-refractivity contribution in [2.45, 2.75) is 59.0 Å². The summed E-state index contributed by atoms with van der Waals surface area (Å²) >= 11 is 0. The van der Waals surface area contributed by atoms with Crippen LogP contribution in [0.4, 0.5) is 0 Å². The van der Waals surface area contributed by atoms with Gasteiger partial charge in [0.25, 0.3) is 0 Å². The standard InChI is InChI=1S/C12H21N3O/c1-6-12(7-2,9-14)10(8-13)15(16)11(3,4)5/h10,16H,6-7H2,1-5H3. The van der Waals surface area contributed by atoms with Gasteiger partial charge in [-0.15, -0.1) is 0 Å². The van der Waals surface area contributed by atoms with E-state index in [4.69, 9.17) is 0 Å². The number of hydrogen-bond acceptors (Lipinski definition) is 4. The summed E-state index contributed by atoms with van der Waals surface area (Å²) in [5.41, 5.74) is -1.36. The molecule has 90 valence electrons. The van der Waals surface area contributed by atoms with Gasteiger partial charge in [0.2, 0.25) is 0 Å². The molecular weight excluding hydrogens is 202 g/mol. The van der Waals surface area contributed by atoms with Gasteiger partial charge >= 0.3 is 0 Å². The van der Waals surface area contributed by atoms with Crippen molar-refractivity contribution < 1.29 is 5.21 Å². The summed E-state index contributed by atoms with van der Waals surface area (Å²) in [6.07, 6.45) is 1.09. The second-order valence-corrected chi connectivity index (χ2v) is 5.02. The fourth-order valence-corrected chi connectivity index (χ4v) is 1.66. The maximum absolute atomic E-state index is 10.0. The topological polar surface area (TPSA) is 71.0 Å². The Morgan fingerprint density at radius 2 is 1.62 bits per heavy atom. The van der Waals surface area contributed by atoms with E-state index in [0.717, 1.165) is 5.06 Å². The molecule has 0 saturated carbocycles. The molecule has 16 heavy (non-hydrogen) atoms. The normalized spacial score (nSPS) is 14.3. The molecule has 0 aliphatic heterocycles. The average Bonchev–Trinajstić information content (AvgIpc) is 2.24. The molecule has 0 aromatic heterocycles. The molecule has 0 heterocycles. The molecule has 1 atom stereocenters. The van der Waals surface area contributed by atoms with E-state index in [1.807, 2.05) is 34.6 Å². The SMILES string of the molecule is CCC(C#N)(CC)C(C#N)N(O)C(C)(C)C. The number of hydroxylamine groups is 2.